The van der Waals surface area contributed by atoms with E-state index in [0.717, 1.165) is 0 Å². The Kier molecular flexibility index (Phi) is 5.16. The molecule has 2 N–H and O–H groups in total. The minimum atomic E-state index is -0.582. The van der Waals surface area contributed by atoms with Gasteiger partial charge in [-0.2, -0.15) is 0 Å². The molecule has 1 unspecified atom stereocenters. The van der Waals surface area contributed by atoms with Gasteiger partial charge in [0.1, 0.15) is 11.8 Å². The molecule has 1 aliphatic heterocycles. The summed E-state index contributed by atoms with van der Waals surface area (Å²) in [5.41, 5.74) is 0.543. The smallest absolute Gasteiger partial charge is 0.245 e. The number of phenolic OH excluding ortho intramolecular Hbond substituents is 1. The zero-order valence-corrected chi connectivity index (χ0v) is 12.0. The Morgan fingerprint density at radius 1 is 1.33 bits per heavy atom. The molecule has 2 rings (SSSR count). The van der Waals surface area contributed by atoms with Crippen LogP contribution in [0, 0.1) is 0 Å². The lowest BCUT2D eigenvalue weighted by Crippen LogP contribution is -2.50. The normalized spacial score (nSPS) is 16.3. The second-order valence-corrected chi connectivity index (χ2v) is 5.03. The van der Waals surface area contributed by atoms with Gasteiger partial charge in [0, 0.05) is 18.7 Å². The molecule has 21 heavy (non-hydrogen) atoms. The fourth-order valence-corrected chi connectivity index (χ4v) is 2.25. The van der Waals surface area contributed by atoms with E-state index in [4.69, 9.17) is 4.74 Å². The molecule has 114 valence electrons. The number of hydrogen-bond acceptors (Lipinski definition) is 4. The number of carbonyl (C=O) groups excluding carboxylic acids is 2. The van der Waals surface area contributed by atoms with Crippen LogP contribution < -0.4 is 5.32 Å². The fourth-order valence-electron chi connectivity index (χ4n) is 2.25. The van der Waals surface area contributed by atoms with Crippen LogP contribution in [0.15, 0.2) is 24.3 Å². The van der Waals surface area contributed by atoms with Crippen molar-refractivity contribution in [2.75, 3.05) is 26.3 Å². The van der Waals surface area contributed by atoms with Gasteiger partial charge in [-0.3, -0.25) is 9.59 Å². The van der Waals surface area contributed by atoms with Gasteiger partial charge >= 0.3 is 0 Å². The number of para-hydroxylation sites is 1. The molecular weight excluding hydrogens is 272 g/mol. The third-order valence-electron chi connectivity index (χ3n) is 3.41. The van der Waals surface area contributed by atoms with E-state index in [1.807, 2.05) is 0 Å². The van der Waals surface area contributed by atoms with Gasteiger partial charge in [0.25, 0.3) is 0 Å². The lowest BCUT2D eigenvalue weighted by molar-refractivity contribution is -0.139. The molecule has 0 aromatic heterocycles. The largest absolute Gasteiger partial charge is 0.508 e. The van der Waals surface area contributed by atoms with Gasteiger partial charge in [0.15, 0.2) is 0 Å². The van der Waals surface area contributed by atoms with Crippen molar-refractivity contribution in [2.45, 2.75) is 19.4 Å². The maximum Gasteiger partial charge on any atom is 0.245 e. The minimum Gasteiger partial charge on any atom is -0.508 e. The van der Waals surface area contributed by atoms with E-state index in [0.29, 0.717) is 31.9 Å². The van der Waals surface area contributed by atoms with E-state index < -0.39 is 6.04 Å². The second kappa shape index (κ2) is 7.08. The van der Waals surface area contributed by atoms with Crippen LogP contribution in [-0.4, -0.2) is 54.2 Å². The van der Waals surface area contributed by atoms with E-state index in [1.165, 1.54) is 6.07 Å². The summed E-state index contributed by atoms with van der Waals surface area (Å²) in [4.78, 5) is 25.8. The van der Waals surface area contributed by atoms with Crippen LogP contribution in [0.5, 0.6) is 5.75 Å². The summed E-state index contributed by atoms with van der Waals surface area (Å²) >= 11 is 0. The van der Waals surface area contributed by atoms with Crippen molar-refractivity contribution in [1.82, 2.24) is 10.2 Å². The van der Waals surface area contributed by atoms with Crippen molar-refractivity contribution in [3.8, 4) is 5.75 Å². The molecule has 2 amide bonds. The second-order valence-electron chi connectivity index (χ2n) is 5.03. The highest BCUT2D eigenvalue weighted by Crippen LogP contribution is 2.15. The molecule has 1 atom stereocenters. The molecule has 1 saturated heterocycles. The predicted octanol–water partition coefficient (Wildman–Crippen LogP) is 0.298. The Morgan fingerprint density at radius 2 is 2.00 bits per heavy atom. The summed E-state index contributed by atoms with van der Waals surface area (Å²) in [5, 5.41) is 12.3. The van der Waals surface area contributed by atoms with E-state index in [-0.39, 0.29) is 24.0 Å². The van der Waals surface area contributed by atoms with Crippen molar-refractivity contribution in [3.05, 3.63) is 29.8 Å². The van der Waals surface area contributed by atoms with Crippen LogP contribution in [0.4, 0.5) is 0 Å². The van der Waals surface area contributed by atoms with Gasteiger partial charge in [-0.15, -0.1) is 0 Å². The molecule has 0 radical (unpaired) electrons. The SMILES string of the molecule is CC(NC(=O)Cc1ccccc1O)C(=O)N1CCOCC1. The highest BCUT2D eigenvalue weighted by Gasteiger charge is 2.23. The van der Waals surface area contributed by atoms with Gasteiger partial charge in [-0.1, -0.05) is 18.2 Å². The Bertz CT molecular complexity index is 512. The van der Waals surface area contributed by atoms with Crippen molar-refractivity contribution in [3.63, 3.8) is 0 Å². The number of amides is 2. The first-order chi connectivity index (χ1) is 10.1. The summed E-state index contributed by atoms with van der Waals surface area (Å²) in [7, 11) is 0. The number of morpholine rings is 1. The molecule has 1 aliphatic rings. The third-order valence-corrected chi connectivity index (χ3v) is 3.41. The van der Waals surface area contributed by atoms with Crippen LogP contribution in [0.25, 0.3) is 0 Å². The summed E-state index contributed by atoms with van der Waals surface area (Å²) in [5.74, 6) is -0.311. The van der Waals surface area contributed by atoms with Gasteiger partial charge in [0.2, 0.25) is 11.8 Å². The highest BCUT2D eigenvalue weighted by atomic mass is 16.5. The number of nitrogens with zero attached hydrogens (tertiary/aromatic N) is 1. The summed E-state index contributed by atoms with van der Waals surface area (Å²) in [6.07, 6.45) is 0.0490. The monoisotopic (exact) mass is 292 g/mol. The topological polar surface area (TPSA) is 78.9 Å². The molecule has 1 heterocycles. The van der Waals surface area contributed by atoms with Crippen LogP contribution in [0.2, 0.25) is 0 Å². The highest BCUT2D eigenvalue weighted by molar-refractivity contribution is 5.88. The van der Waals surface area contributed by atoms with E-state index in [1.54, 1.807) is 30.0 Å². The van der Waals surface area contributed by atoms with E-state index in [9.17, 15) is 14.7 Å². The number of nitrogens with one attached hydrogen (secondary N) is 1. The third kappa shape index (κ3) is 4.19. The maximum atomic E-state index is 12.2. The zero-order chi connectivity index (χ0) is 15.2. The molecule has 0 spiro atoms. The number of phenols is 1. The number of ether oxygens (including phenoxy) is 1. The first kappa shape index (κ1) is 15.3. The molecular formula is C15H20N2O4. The number of aromatic hydroxyl groups is 1. The Morgan fingerprint density at radius 3 is 2.67 bits per heavy atom. The molecule has 0 saturated carbocycles. The van der Waals surface area contributed by atoms with Gasteiger partial charge < -0.3 is 20.1 Å². The van der Waals surface area contributed by atoms with E-state index in [2.05, 4.69) is 5.32 Å². The van der Waals surface area contributed by atoms with Crippen molar-refractivity contribution >= 4 is 11.8 Å². The number of rotatable bonds is 4. The van der Waals surface area contributed by atoms with Gasteiger partial charge in [-0.05, 0) is 13.0 Å². The summed E-state index contributed by atoms with van der Waals surface area (Å²) in [6, 6.07) is 6.08. The zero-order valence-electron chi connectivity index (χ0n) is 12.0. The first-order valence-corrected chi connectivity index (χ1v) is 7.00. The van der Waals surface area contributed by atoms with Crippen molar-refractivity contribution < 1.29 is 19.4 Å². The molecule has 0 aliphatic carbocycles. The van der Waals surface area contributed by atoms with E-state index >= 15 is 0 Å². The molecule has 1 fully saturated rings. The molecule has 6 nitrogen and oxygen atoms in total. The average Bonchev–Trinajstić information content (AvgIpc) is 2.49. The number of carbonyl (C=O) groups is 2. The number of benzene rings is 1. The lowest BCUT2D eigenvalue weighted by atomic mass is 10.1. The van der Waals surface area contributed by atoms with Crippen molar-refractivity contribution in [2.24, 2.45) is 0 Å². The lowest BCUT2D eigenvalue weighted by Gasteiger charge is -2.29. The predicted molar refractivity (Wildman–Crippen MR) is 76.8 cm³/mol. The van der Waals surface area contributed by atoms with Crippen LogP contribution in [-0.2, 0) is 20.7 Å². The van der Waals surface area contributed by atoms with Crippen molar-refractivity contribution in [1.29, 1.82) is 0 Å². The first-order valence-electron chi connectivity index (χ1n) is 7.00. The Labute approximate surface area is 123 Å². The Hall–Kier alpha value is -2.08. The summed E-state index contributed by atoms with van der Waals surface area (Å²) in [6.45, 7) is 3.84. The van der Waals surface area contributed by atoms with Gasteiger partial charge in [-0.25, -0.2) is 0 Å². The minimum absolute atomic E-state index is 0.0490. The Balaban J connectivity index is 1.87. The average molecular weight is 292 g/mol. The summed E-state index contributed by atoms with van der Waals surface area (Å²) < 4.78 is 5.19. The quantitative estimate of drug-likeness (QED) is 0.836. The van der Waals surface area contributed by atoms with Crippen LogP contribution >= 0.6 is 0 Å². The standard InChI is InChI=1S/C15H20N2O4/c1-11(15(20)17-6-8-21-9-7-17)16-14(19)10-12-4-2-3-5-13(12)18/h2-5,11,18H,6-10H2,1H3,(H,16,19). The molecule has 0 bridgehead atoms. The fraction of sp³-hybridized carbons (Fsp3) is 0.467. The molecule has 6 heteroatoms. The van der Waals surface area contributed by atoms with Gasteiger partial charge in [0.05, 0.1) is 19.6 Å². The molecule has 1 aromatic carbocycles. The number of hydrogen-bond donors (Lipinski definition) is 2. The van der Waals surface area contributed by atoms with Crippen LogP contribution in [0.1, 0.15) is 12.5 Å². The maximum absolute atomic E-state index is 12.2. The van der Waals surface area contributed by atoms with Crippen LogP contribution in [0.3, 0.4) is 0 Å². The molecule has 1 aromatic rings.